The summed E-state index contributed by atoms with van der Waals surface area (Å²) in [6, 6.07) is 5.91. The summed E-state index contributed by atoms with van der Waals surface area (Å²) >= 11 is 5.86. The van der Waals surface area contributed by atoms with Gasteiger partial charge < -0.3 is 4.90 Å². The average molecular weight is 199 g/mol. The SMILES string of the molecule is CC(Cl)CCN(C)c1ccccn1. The summed E-state index contributed by atoms with van der Waals surface area (Å²) in [6.45, 7) is 2.95. The van der Waals surface area contributed by atoms with E-state index in [0.29, 0.717) is 0 Å². The van der Waals surface area contributed by atoms with Crippen molar-refractivity contribution < 1.29 is 0 Å². The summed E-state index contributed by atoms with van der Waals surface area (Å²) in [6.07, 6.45) is 2.78. The van der Waals surface area contributed by atoms with E-state index < -0.39 is 0 Å². The first-order valence-corrected chi connectivity index (χ1v) is 4.90. The molecule has 3 heteroatoms. The van der Waals surface area contributed by atoms with Gasteiger partial charge in [-0.3, -0.25) is 0 Å². The molecule has 0 aliphatic rings. The van der Waals surface area contributed by atoms with Gasteiger partial charge in [0.1, 0.15) is 5.82 Å². The number of hydrogen-bond donors (Lipinski definition) is 0. The molecule has 72 valence electrons. The zero-order valence-electron chi connectivity index (χ0n) is 8.07. The van der Waals surface area contributed by atoms with E-state index in [1.54, 1.807) is 6.20 Å². The lowest BCUT2D eigenvalue weighted by atomic mass is 10.3. The maximum absolute atomic E-state index is 5.86. The van der Waals surface area contributed by atoms with Crippen LogP contribution in [0.3, 0.4) is 0 Å². The van der Waals surface area contributed by atoms with E-state index in [2.05, 4.69) is 9.88 Å². The van der Waals surface area contributed by atoms with Gasteiger partial charge >= 0.3 is 0 Å². The van der Waals surface area contributed by atoms with Crippen LogP contribution < -0.4 is 4.90 Å². The van der Waals surface area contributed by atoms with E-state index in [1.807, 2.05) is 32.2 Å². The Morgan fingerprint density at radius 2 is 2.31 bits per heavy atom. The second-order valence-corrected chi connectivity index (χ2v) is 3.92. The Labute approximate surface area is 84.5 Å². The van der Waals surface area contributed by atoms with E-state index in [4.69, 9.17) is 11.6 Å². The predicted molar refractivity (Wildman–Crippen MR) is 57.4 cm³/mol. The Balaban J connectivity index is 2.44. The van der Waals surface area contributed by atoms with Crippen LogP contribution in [-0.4, -0.2) is 24.0 Å². The molecule has 0 fully saturated rings. The minimum atomic E-state index is 0.228. The van der Waals surface area contributed by atoms with Crippen molar-refractivity contribution in [2.24, 2.45) is 0 Å². The molecule has 1 rings (SSSR count). The molecule has 1 heterocycles. The Bertz CT molecular complexity index is 236. The molecule has 0 aliphatic carbocycles. The average Bonchev–Trinajstić information content (AvgIpc) is 2.15. The van der Waals surface area contributed by atoms with Crippen molar-refractivity contribution in [2.75, 3.05) is 18.5 Å². The third kappa shape index (κ3) is 3.64. The molecule has 2 nitrogen and oxygen atoms in total. The molecule has 13 heavy (non-hydrogen) atoms. The summed E-state index contributed by atoms with van der Waals surface area (Å²) in [4.78, 5) is 6.35. The van der Waals surface area contributed by atoms with Crippen molar-refractivity contribution >= 4 is 17.4 Å². The zero-order valence-corrected chi connectivity index (χ0v) is 8.83. The normalized spacial score (nSPS) is 12.5. The van der Waals surface area contributed by atoms with Gasteiger partial charge in [0.05, 0.1) is 0 Å². The van der Waals surface area contributed by atoms with Crippen molar-refractivity contribution in [3.05, 3.63) is 24.4 Å². The highest BCUT2D eigenvalue weighted by molar-refractivity contribution is 6.20. The molecule has 1 atom stereocenters. The number of hydrogen-bond acceptors (Lipinski definition) is 2. The standard InChI is InChI=1S/C10H15ClN2/c1-9(11)6-8-13(2)10-5-3-4-7-12-10/h3-5,7,9H,6,8H2,1-2H3. The fraction of sp³-hybridized carbons (Fsp3) is 0.500. The van der Waals surface area contributed by atoms with Crippen LogP contribution in [0, 0.1) is 0 Å². The van der Waals surface area contributed by atoms with E-state index in [0.717, 1.165) is 18.8 Å². The third-order valence-corrected chi connectivity index (χ3v) is 2.12. The van der Waals surface area contributed by atoms with Gasteiger partial charge in [0, 0.05) is 25.2 Å². The molecule has 1 aromatic heterocycles. The van der Waals surface area contributed by atoms with Gasteiger partial charge in [-0.05, 0) is 25.5 Å². The highest BCUT2D eigenvalue weighted by Gasteiger charge is 2.02. The number of aromatic nitrogens is 1. The van der Waals surface area contributed by atoms with Crippen LogP contribution in [0.15, 0.2) is 24.4 Å². The second-order valence-electron chi connectivity index (χ2n) is 3.18. The molecule has 1 unspecified atom stereocenters. The molecule has 0 radical (unpaired) electrons. The van der Waals surface area contributed by atoms with Crippen molar-refractivity contribution in [2.45, 2.75) is 18.7 Å². The minimum Gasteiger partial charge on any atom is -0.360 e. The zero-order chi connectivity index (χ0) is 9.68. The second kappa shape index (κ2) is 5.07. The highest BCUT2D eigenvalue weighted by atomic mass is 35.5. The Morgan fingerprint density at radius 1 is 1.54 bits per heavy atom. The van der Waals surface area contributed by atoms with Gasteiger partial charge in [-0.2, -0.15) is 0 Å². The first-order valence-electron chi connectivity index (χ1n) is 4.46. The topological polar surface area (TPSA) is 16.1 Å². The van der Waals surface area contributed by atoms with Gasteiger partial charge in [-0.1, -0.05) is 6.07 Å². The molecule has 0 saturated carbocycles. The number of nitrogens with zero attached hydrogens (tertiary/aromatic N) is 2. The van der Waals surface area contributed by atoms with Crippen molar-refractivity contribution in [1.82, 2.24) is 4.98 Å². The third-order valence-electron chi connectivity index (χ3n) is 1.90. The molecule has 0 aromatic carbocycles. The van der Waals surface area contributed by atoms with Crippen molar-refractivity contribution in [3.8, 4) is 0 Å². The van der Waals surface area contributed by atoms with Crippen LogP contribution in [-0.2, 0) is 0 Å². The van der Waals surface area contributed by atoms with Crippen molar-refractivity contribution in [1.29, 1.82) is 0 Å². The van der Waals surface area contributed by atoms with E-state index >= 15 is 0 Å². The summed E-state index contributed by atoms with van der Waals surface area (Å²) in [5.74, 6) is 1.000. The number of halogens is 1. The van der Waals surface area contributed by atoms with Gasteiger partial charge in [0.15, 0.2) is 0 Å². The highest BCUT2D eigenvalue weighted by Crippen LogP contribution is 2.09. The summed E-state index contributed by atoms with van der Waals surface area (Å²) in [7, 11) is 2.03. The fourth-order valence-corrected chi connectivity index (χ4v) is 1.16. The van der Waals surface area contributed by atoms with Crippen LogP contribution in [0.5, 0.6) is 0 Å². The van der Waals surface area contributed by atoms with Crippen LogP contribution in [0.1, 0.15) is 13.3 Å². The summed E-state index contributed by atoms with van der Waals surface area (Å²) < 4.78 is 0. The number of alkyl halides is 1. The lowest BCUT2D eigenvalue weighted by Crippen LogP contribution is -2.21. The van der Waals surface area contributed by atoms with Crippen LogP contribution in [0.25, 0.3) is 0 Å². The lowest BCUT2D eigenvalue weighted by Gasteiger charge is -2.18. The van der Waals surface area contributed by atoms with Gasteiger partial charge in [0.25, 0.3) is 0 Å². The Morgan fingerprint density at radius 3 is 2.85 bits per heavy atom. The number of pyridine rings is 1. The summed E-state index contributed by atoms with van der Waals surface area (Å²) in [5.41, 5.74) is 0. The van der Waals surface area contributed by atoms with Crippen LogP contribution >= 0.6 is 11.6 Å². The van der Waals surface area contributed by atoms with E-state index in [1.165, 1.54) is 0 Å². The number of rotatable bonds is 4. The monoisotopic (exact) mass is 198 g/mol. The van der Waals surface area contributed by atoms with E-state index in [-0.39, 0.29) is 5.38 Å². The van der Waals surface area contributed by atoms with Gasteiger partial charge in [-0.25, -0.2) is 4.98 Å². The molecule has 0 amide bonds. The summed E-state index contributed by atoms with van der Waals surface area (Å²) in [5, 5.41) is 0.228. The largest absolute Gasteiger partial charge is 0.360 e. The molecule has 1 aromatic rings. The predicted octanol–water partition coefficient (Wildman–Crippen LogP) is 2.54. The molecule has 0 saturated heterocycles. The maximum Gasteiger partial charge on any atom is 0.128 e. The maximum atomic E-state index is 5.86. The molecule has 0 N–H and O–H groups in total. The first kappa shape index (κ1) is 10.3. The minimum absolute atomic E-state index is 0.228. The molecular weight excluding hydrogens is 184 g/mol. The van der Waals surface area contributed by atoms with Crippen LogP contribution in [0.2, 0.25) is 0 Å². The molecule has 0 spiro atoms. The molecule has 0 aliphatic heterocycles. The van der Waals surface area contributed by atoms with E-state index in [9.17, 15) is 0 Å². The smallest absolute Gasteiger partial charge is 0.128 e. The first-order chi connectivity index (χ1) is 6.20. The number of anilines is 1. The van der Waals surface area contributed by atoms with Crippen molar-refractivity contribution in [3.63, 3.8) is 0 Å². The fourth-order valence-electron chi connectivity index (χ4n) is 1.07. The molecule has 0 bridgehead atoms. The Hall–Kier alpha value is -0.760. The van der Waals surface area contributed by atoms with Gasteiger partial charge in [0.2, 0.25) is 0 Å². The Kier molecular flexibility index (Phi) is 4.03. The molecular formula is C10H15ClN2. The lowest BCUT2D eigenvalue weighted by molar-refractivity contribution is 0.766. The quantitative estimate of drug-likeness (QED) is 0.692. The van der Waals surface area contributed by atoms with Gasteiger partial charge in [-0.15, -0.1) is 11.6 Å². The van der Waals surface area contributed by atoms with Crippen LogP contribution in [0.4, 0.5) is 5.82 Å².